The van der Waals surface area contributed by atoms with E-state index in [-0.39, 0.29) is 12.1 Å². The molecule has 16 heteroatoms. The van der Waals surface area contributed by atoms with Gasteiger partial charge in [0.15, 0.2) is 0 Å². The van der Waals surface area contributed by atoms with Crippen molar-refractivity contribution in [3.05, 3.63) is 89.8 Å². The number of hydrogen-bond acceptors (Lipinski definition) is 8. The Kier molecular flexibility index (Phi) is 7.93. The first kappa shape index (κ1) is 30.0. The third-order valence-corrected chi connectivity index (χ3v) is 8.04. The van der Waals surface area contributed by atoms with Crippen LogP contribution in [0.3, 0.4) is 0 Å². The first-order valence-corrected chi connectivity index (χ1v) is 14.2. The van der Waals surface area contributed by atoms with Gasteiger partial charge in [-0.1, -0.05) is 12.1 Å². The lowest BCUT2D eigenvalue weighted by Crippen LogP contribution is -2.54. The maximum atomic E-state index is 14.8. The van der Waals surface area contributed by atoms with E-state index in [1.807, 2.05) is 4.72 Å². The largest absolute Gasteiger partial charge is 0.506 e. The van der Waals surface area contributed by atoms with Crippen LogP contribution in [0.25, 0.3) is 0 Å². The molecule has 3 aromatic rings. The number of urea groups is 1. The van der Waals surface area contributed by atoms with Crippen molar-refractivity contribution in [2.75, 3.05) is 16.7 Å². The minimum absolute atomic E-state index is 0.224. The summed E-state index contributed by atoms with van der Waals surface area (Å²) in [6.07, 6.45) is 5.22. The maximum Gasteiger partial charge on any atom is 0.506 e. The Hall–Kier alpha value is -5.51. The molecule has 0 radical (unpaired) electrons. The highest BCUT2D eigenvalue weighted by Gasteiger charge is 2.47. The van der Waals surface area contributed by atoms with Crippen molar-refractivity contribution in [1.29, 1.82) is 0 Å². The van der Waals surface area contributed by atoms with Crippen molar-refractivity contribution in [3.63, 3.8) is 0 Å². The van der Waals surface area contributed by atoms with Crippen LogP contribution >= 0.6 is 0 Å². The van der Waals surface area contributed by atoms with Gasteiger partial charge in [-0.3, -0.25) is 14.5 Å². The number of hydrogen-bond donors (Lipinski definition) is 3. The van der Waals surface area contributed by atoms with Gasteiger partial charge in [0, 0.05) is 18.7 Å². The average Bonchev–Trinajstić information content (AvgIpc) is 3.55. The van der Waals surface area contributed by atoms with E-state index in [9.17, 15) is 41.5 Å². The van der Waals surface area contributed by atoms with Crippen LogP contribution in [0.4, 0.5) is 25.0 Å². The average molecular weight is 627 g/mol. The second-order valence-electron chi connectivity index (χ2n) is 9.62. The molecule has 0 aliphatic carbocycles. The number of anilines is 2. The highest BCUT2D eigenvalue weighted by atomic mass is 32.2. The smallest absolute Gasteiger partial charge is 0.480 e. The molecule has 2 aromatic carbocycles. The van der Waals surface area contributed by atoms with E-state index < -0.39 is 73.8 Å². The molecular weight excluding hydrogens is 604 g/mol. The highest BCUT2D eigenvalue weighted by molar-refractivity contribution is 7.92. The number of nitrogens with one attached hydrogen (secondary N) is 2. The molecule has 0 bridgehead atoms. The number of imide groups is 1. The Bertz CT molecular complexity index is 1890. The molecule has 3 heterocycles. The number of sulfonamides is 1. The van der Waals surface area contributed by atoms with Crippen molar-refractivity contribution in [2.45, 2.75) is 17.6 Å². The zero-order valence-electron chi connectivity index (χ0n) is 22.6. The predicted octanol–water partition coefficient (Wildman–Crippen LogP) is 2.55. The van der Waals surface area contributed by atoms with Gasteiger partial charge in [0.2, 0.25) is 5.09 Å². The molecule has 0 saturated heterocycles. The van der Waals surface area contributed by atoms with Gasteiger partial charge in [-0.2, -0.15) is 17.8 Å². The Morgan fingerprint density at radius 1 is 1.14 bits per heavy atom. The lowest BCUT2D eigenvalue weighted by atomic mass is 9.97. The Morgan fingerprint density at radius 3 is 2.52 bits per heavy atom. The number of furan rings is 1. The summed E-state index contributed by atoms with van der Waals surface area (Å²) in [5.74, 6) is -6.59. The number of halogens is 2. The number of benzene rings is 2. The Balaban J connectivity index is 1.30. The SMILES string of the molecule is C[N+]1=C2C=NC=CC2C(=O)N(c2ccc(C[C@H](NC(=O)c3cc(F)c(NS(=O)(=O)c4ccco4)cc3F)C(=O)O)cc2)C1=O. The minimum atomic E-state index is -4.39. The van der Waals surface area contributed by atoms with Crippen molar-refractivity contribution in [1.82, 2.24) is 5.32 Å². The number of amides is 4. The summed E-state index contributed by atoms with van der Waals surface area (Å²) in [5.41, 5.74) is -0.644. The van der Waals surface area contributed by atoms with Crippen LogP contribution < -0.4 is 14.9 Å². The van der Waals surface area contributed by atoms with E-state index in [1.54, 1.807) is 6.08 Å². The molecule has 0 fully saturated rings. The molecule has 3 N–H and O–H groups in total. The Morgan fingerprint density at radius 2 is 1.86 bits per heavy atom. The summed E-state index contributed by atoms with van der Waals surface area (Å²) in [5, 5.41) is 11.3. The summed E-state index contributed by atoms with van der Waals surface area (Å²) in [6.45, 7) is 0. The molecule has 5 rings (SSSR count). The van der Waals surface area contributed by atoms with Crippen molar-refractivity contribution >= 4 is 57.1 Å². The van der Waals surface area contributed by atoms with Gasteiger partial charge in [0.25, 0.3) is 15.9 Å². The topological polar surface area (TPSA) is 178 Å². The van der Waals surface area contributed by atoms with Crippen molar-refractivity contribution < 1.29 is 50.5 Å². The van der Waals surface area contributed by atoms with E-state index in [2.05, 4.69) is 10.3 Å². The van der Waals surface area contributed by atoms with E-state index in [4.69, 9.17) is 4.42 Å². The van der Waals surface area contributed by atoms with Crippen molar-refractivity contribution in [3.8, 4) is 0 Å². The summed E-state index contributed by atoms with van der Waals surface area (Å²) in [7, 11) is -2.88. The summed E-state index contributed by atoms with van der Waals surface area (Å²) >= 11 is 0. The van der Waals surface area contributed by atoms with Gasteiger partial charge >= 0.3 is 17.9 Å². The third-order valence-electron chi connectivity index (χ3n) is 6.79. The van der Waals surface area contributed by atoms with Crippen LogP contribution in [0.2, 0.25) is 0 Å². The van der Waals surface area contributed by atoms with Crippen LogP contribution in [-0.4, -0.2) is 66.9 Å². The zero-order valence-corrected chi connectivity index (χ0v) is 23.4. The second-order valence-corrected chi connectivity index (χ2v) is 11.2. The Labute approximate surface area is 247 Å². The third kappa shape index (κ3) is 5.74. The highest BCUT2D eigenvalue weighted by Crippen LogP contribution is 2.26. The number of carboxylic acids is 1. The molecule has 13 nitrogen and oxygen atoms in total. The number of carbonyl (C=O) groups excluding carboxylic acids is 3. The van der Waals surface area contributed by atoms with Crippen LogP contribution in [0.15, 0.2) is 81.6 Å². The number of carbonyl (C=O) groups is 4. The quantitative estimate of drug-likeness (QED) is 0.303. The molecule has 0 saturated carbocycles. The molecule has 0 spiro atoms. The molecule has 2 aliphatic heterocycles. The molecule has 226 valence electrons. The number of aliphatic carboxylic acids is 1. The normalized spacial score (nSPS) is 17.0. The fourth-order valence-electron chi connectivity index (χ4n) is 4.53. The van der Waals surface area contributed by atoms with Gasteiger partial charge < -0.3 is 14.8 Å². The lowest BCUT2D eigenvalue weighted by Gasteiger charge is -2.24. The predicted molar refractivity (Wildman–Crippen MR) is 150 cm³/mol. The molecular formula is C28H22F2N5O8S+. The molecule has 1 unspecified atom stereocenters. The number of carboxylic acid groups (broad SMARTS) is 1. The van der Waals surface area contributed by atoms with Gasteiger partial charge in [0.1, 0.15) is 35.0 Å². The zero-order chi connectivity index (χ0) is 31.8. The minimum Gasteiger partial charge on any atom is -0.480 e. The van der Waals surface area contributed by atoms with E-state index in [0.717, 1.165) is 17.2 Å². The summed E-state index contributed by atoms with van der Waals surface area (Å²) in [6, 6.07) is 6.80. The van der Waals surface area contributed by atoms with E-state index >= 15 is 0 Å². The molecule has 2 atom stereocenters. The van der Waals surface area contributed by atoms with Gasteiger partial charge in [-0.25, -0.2) is 18.4 Å². The molecule has 2 aliphatic rings. The number of rotatable bonds is 9. The maximum absolute atomic E-state index is 14.8. The first-order chi connectivity index (χ1) is 20.9. The number of fused-ring (bicyclic) bond motifs is 1. The fourth-order valence-corrected chi connectivity index (χ4v) is 5.52. The van der Waals surface area contributed by atoms with Gasteiger partial charge in [-0.15, -0.1) is 4.90 Å². The van der Waals surface area contributed by atoms with Crippen LogP contribution in [0.5, 0.6) is 0 Å². The lowest BCUT2D eigenvalue weighted by molar-refractivity contribution is -0.392. The van der Waals surface area contributed by atoms with Crippen LogP contribution in [0.1, 0.15) is 15.9 Å². The second kappa shape index (κ2) is 11.6. The van der Waals surface area contributed by atoms with E-state index in [1.165, 1.54) is 54.4 Å². The first-order valence-electron chi connectivity index (χ1n) is 12.7. The fraction of sp³-hybridized carbons (Fsp3) is 0.143. The molecule has 1 aromatic heterocycles. The van der Waals surface area contributed by atoms with Gasteiger partial charge in [0.05, 0.1) is 30.8 Å². The summed E-state index contributed by atoms with van der Waals surface area (Å²) in [4.78, 5) is 55.5. The van der Waals surface area contributed by atoms with Gasteiger partial charge in [-0.05, 0) is 42.0 Å². The molecule has 44 heavy (non-hydrogen) atoms. The van der Waals surface area contributed by atoms with E-state index in [0.29, 0.717) is 23.4 Å². The van der Waals surface area contributed by atoms with Crippen LogP contribution in [0, 0.1) is 17.6 Å². The number of nitrogens with zero attached hydrogens (tertiary/aromatic N) is 3. The summed E-state index contributed by atoms with van der Waals surface area (Å²) < 4.78 is 61.9. The standard InChI is InChI=1S/C28H21F2N5O8S/c1-34-23-14-31-9-8-17(23)26(37)35(28(34)40)16-6-4-15(5-7-16)11-22(27(38)39)32-25(36)18-12-20(30)21(13-19(18)29)33-44(41,42)24-3-2-10-43-24/h2-10,12-14,17,22H,11H2,1H3,(H2-,32,33,36,38,39)/p+1/t17?,22-/m0/s1. The van der Waals surface area contributed by atoms with Crippen LogP contribution in [-0.2, 0) is 26.0 Å². The number of aliphatic imine (C=N–C) groups is 1. The monoisotopic (exact) mass is 626 g/mol. The van der Waals surface area contributed by atoms with Crippen molar-refractivity contribution in [2.24, 2.45) is 10.9 Å². The molecule has 4 amide bonds.